The van der Waals surface area contributed by atoms with Crippen LogP contribution in [-0.2, 0) is 4.74 Å². The number of amides is 1. The van der Waals surface area contributed by atoms with Crippen molar-refractivity contribution in [2.75, 3.05) is 61.8 Å². The van der Waals surface area contributed by atoms with Gasteiger partial charge in [-0.3, -0.25) is 4.57 Å². The highest BCUT2D eigenvalue weighted by molar-refractivity contribution is 5.77. The summed E-state index contributed by atoms with van der Waals surface area (Å²) in [7, 11) is 2.16. The van der Waals surface area contributed by atoms with E-state index in [0.717, 1.165) is 44.0 Å². The molecule has 1 atom stereocenters. The van der Waals surface area contributed by atoms with Crippen LogP contribution in [0.2, 0.25) is 0 Å². The van der Waals surface area contributed by atoms with E-state index in [1.165, 1.54) is 5.69 Å². The highest BCUT2D eigenvalue weighted by Gasteiger charge is 2.33. The Morgan fingerprint density at radius 1 is 0.905 bits per heavy atom. The summed E-state index contributed by atoms with van der Waals surface area (Å²) in [4.78, 5) is 33.7. The Morgan fingerprint density at radius 3 is 2.33 bits per heavy atom. The first-order valence-electron chi connectivity index (χ1n) is 14.6. The molecule has 0 radical (unpaired) electrons. The predicted octanol–water partition coefficient (Wildman–Crippen LogP) is 5.25. The number of nitrogens with one attached hydrogen (secondary N) is 2. The van der Waals surface area contributed by atoms with Crippen molar-refractivity contribution in [2.24, 2.45) is 0 Å². The molecule has 2 N–H and O–H groups in total. The zero-order chi connectivity index (χ0) is 29.3. The molecule has 0 saturated carbocycles. The number of likely N-dealkylation sites (tertiary alicyclic amines) is 1. The van der Waals surface area contributed by atoms with E-state index in [-0.39, 0.29) is 12.1 Å². The number of piperazine rings is 1. The highest BCUT2D eigenvalue weighted by Crippen LogP contribution is 2.32. The third-order valence-electron chi connectivity index (χ3n) is 7.63. The summed E-state index contributed by atoms with van der Waals surface area (Å²) in [6, 6.07) is 18.3. The average Bonchev–Trinajstić information content (AvgIpc) is 3.58. The minimum Gasteiger partial charge on any atom is -0.444 e. The number of hydrogen-bond donors (Lipinski definition) is 2. The lowest BCUT2D eigenvalue weighted by Gasteiger charge is -2.34. The van der Waals surface area contributed by atoms with Crippen LogP contribution in [0.5, 0.6) is 0 Å². The highest BCUT2D eigenvalue weighted by atomic mass is 16.6. The molecule has 0 aliphatic carbocycles. The summed E-state index contributed by atoms with van der Waals surface area (Å²) < 4.78 is 7.74. The lowest BCUT2D eigenvalue weighted by Crippen LogP contribution is -2.44. The van der Waals surface area contributed by atoms with Gasteiger partial charge in [-0.05, 0) is 70.6 Å². The quantitative estimate of drug-likeness (QED) is 0.322. The van der Waals surface area contributed by atoms with Crippen molar-refractivity contribution in [3.05, 3.63) is 60.8 Å². The van der Waals surface area contributed by atoms with E-state index in [1.807, 2.05) is 51.1 Å². The van der Waals surface area contributed by atoms with Crippen molar-refractivity contribution < 1.29 is 9.53 Å². The molecular weight excluding hydrogens is 530 g/mol. The number of imidazole rings is 1. The van der Waals surface area contributed by atoms with Gasteiger partial charge in [-0.25, -0.2) is 14.8 Å². The second kappa shape index (κ2) is 11.5. The van der Waals surface area contributed by atoms with Gasteiger partial charge in [0.1, 0.15) is 11.1 Å². The van der Waals surface area contributed by atoms with Crippen LogP contribution in [0.15, 0.2) is 60.8 Å². The molecule has 2 aliphatic rings. The number of aromatic nitrogens is 4. The second-order valence-electron chi connectivity index (χ2n) is 12.0. The van der Waals surface area contributed by atoms with Crippen molar-refractivity contribution in [1.29, 1.82) is 0 Å². The van der Waals surface area contributed by atoms with Crippen LogP contribution in [0.25, 0.3) is 11.2 Å². The minimum absolute atomic E-state index is 0.0284. The van der Waals surface area contributed by atoms with Gasteiger partial charge in [-0.2, -0.15) is 4.98 Å². The summed E-state index contributed by atoms with van der Waals surface area (Å²) in [5.74, 6) is 1.15. The Morgan fingerprint density at radius 2 is 1.62 bits per heavy atom. The Balaban J connectivity index is 1.26. The Labute approximate surface area is 246 Å². The van der Waals surface area contributed by atoms with E-state index >= 15 is 0 Å². The molecule has 0 spiro atoms. The molecule has 6 rings (SSSR count). The molecule has 11 heteroatoms. The molecule has 11 nitrogen and oxygen atoms in total. The normalized spacial score (nSPS) is 18.0. The van der Waals surface area contributed by atoms with Crippen LogP contribution < -0.4 is 15.5 Å². The number of rotatable bonds is 6. The molecular formula is C31H39N9O2. The van der Waals surface area contributed by atoms with E-state index in [2.05, 4.69) is 61.3 Å². The topological polar surface area (TPSA) is 104 Å². The lowest BCUT2D eigenvalue weighted by molar-refractivity contribution is 0.0289. The monoisotopic (exact) mass is 569 g/mol. The van der Waals surface area contributed by atoms with Crippen LogP contribution >= 0.6 is 0 Å². The predicted molar refractivity (Wildman–Crippen MR) is 166 cm³/mol. The van der Waals surface area contributed by atoms with Crippen molar-refractivity contribution in [2.45, 2.75) is 38.8 Å². The van der Waals surface area contributed by atoms with E-state index in [9.17, 15) is 4.79 Å². The standard InChI is InChI=1S/C31H39N9O2/c1-31(2,3)42-30(41)39-15-14-25(21-39)40-27-26(35-29(40)34-22-8-6-5-7-9-22)20-32-28(36-27)33-23-10-12-24(13-11-23)38-18-16-37(4)17-19-38/h5-13,20,25H,14-19,21H2,1-4H3,(H,34,35)(H,32,33,36)/t25-/m1/s1. The number of likely N-dealkylation sites (N-methyl/N-ethyl adjacent to an activating group) is 1. The molecule has 2 aromatic heterocycles. The van der Waals surface area contributed by atoms with Crippen LogP contribution in [0.3, 0.4) is 0 Å². The largest absolute Gasteiger partial charge is 0.444 e. The average molecular weight is 570 g/mol. The second-order valence-corrected chi connectivity index (χ2v) is 12.0. The maximum Gasteiger partial charge on any atom is 0.410 e. The fraction of sp³-hybridized carbons (Fsp3) is 0.419. The molecule has 2 aliphatic heterocycles. The fourth-order valence-electron chi connectivity index (χ4n) is 5.43. The molecule has 1 amide bonds. The summed E-state index contributed by atoms with van der Waals surface area (Å²) in [6.07, 6.45) is 2.20. The number of anilines is 5. The number of ether oxygens (including phenoxy) is 1. The number of para-hydroxylation sites is 1. The smallest absolute Gasteiger partial charge is 0.410 e. The Kier molecular flexibility index (Phi) is 7.59. The van der Waals surface area contributed by atoms with Gasteiger partial charge < -0.3 is 30.1 Å². The van der Waals surface area contributed by atoms with Crippen molar-refractivity contribution in [3.8, 4) is 0 Å². The fourth-order valence-corrected chi connectivity index (χ4v) is 5.43. The van der Waals surface area contributed by atoms with Crippen molar-refractivity contribution in [3.63, 3.8) is 0 Å². The molecule has 2 fully saturated rings. The lowest BCUT2D eigenvalue weighted by atomic mass is 10.2. The SMILES string of the molecule is CN1CCN(c2ccc(Nc3ncc4nc(Nc5ccccc5)n([C@@H]5CCN(C(=O)OC(C)(C)C)C5)c4n3)cc2)CC1. The number of carbonyl (C=O) groups is 1. The number of fused-ring (bicyclic) bond motifs is 1. The van der Waals surface area contributed by atoms with Gasteiger partial charge >= 0.3 is 6.09 Å². The van der Waals surface area contributed by atoms with Gasteiger partial charge in [0.05, 0.1) is 12.2 Å². The summed E-state index contributed by atoms with van der Waals surface area (Å²) >= 11 is 0. The molecule has 0 unspecified atom stereocenters. The first-order chi connectivity index (χ1) is 20.2. The maximum atomic E-state index is 12.8. The molecule has 2 aromatic carbocycles. The summed E-state index contributed by atoms with van der Waals surface area (Å²) in [6.45, 7) is 10.9. The molecule has 0 bridgehead atoms. The van der Waals surface area contributed by atoms with E-state index in [1.54, 1.807) is 11.1 Å². The number of carbonyl (C=O) groups excluding carboxylic acids is 1. The van der Waals surface area contributed by atoms with E-state index in [4.69, 9.17) is 14.7 Å². The summed E-state index contributed by atoms with van der Waals surface area (Å²) in [5, 5.41) is 6.82. The van der Waals surface area contributed by atoms with Gasteiger partial charge in [0, 0.05) is 56.3 Å². The van der Waals surface area contributed by atoms with Crippen molar-refractivity contribution in [1.82, 2.24) is 29.3 Å². The van der Waals surface area contributed by atoms with E-state index in [0.29, 0.717) is 36.2 Å². The maximum absolute atomic E-state index is 12.8. The number of benzene rings is 2. The molecule has 4 heterocycles. The van der Waals surface area contributed by atoms with E-state index < -0.39 is 5.60 Å². The first kappa shape index (κ1) is 27.8. The third kappa shape index (κ3) is 6.25. The van der Waals surface area contributed by atoms with Crippen LogP contribution in [0.4, 0.5) is 33.8 Å². The molecule has 42 heavy (non-hydrogen) atoms. The molecule has 4 aromatic rings. The van der Waals surface area contributed by atoms with Gasteiger partial charge in [0.15, 0.2) is 5.65 Å². The van der Waals surface area contributed by atoms with Crippen molar-refractivity contribution >= 4 is 46.2 Å². The Bertz CT molecular complexity index is 1520. The zero-order valence-electron chi connectivity index (χ0n) is 24.7. The van der Waals surface area contributed by atoms with Crippen LogP contribution in [0.1, 0.15) is 33.2 Å². The third-order valence-corrected chi connectivity index (χ3v) is 7.63. The number of hydrogen-bond acceptors (Lipinski definition) is 9. The van der Waals surface area contributed by atoms with Gasteiger partial charge in [-0.15, -0.1) is 0 Å². The minimum atomic E-state index is -0.548. The number of nitrogens with zero attached hydrogens (tertiary/aromatic N) is 7. The van der Waals surface area contributed by atoms with Gasteiger partial charge in [-0.1, -0.05) is 18.2 Å². The summed E-state index contributed by atoms with van der Waals surface area (Å²) in [5.41, 5.74) is 3.89. The zero-order valence-corrected chi connectivity index (χ0v) is 24.7. The molecule has 2 saturated heterocycles. The van der Waals surface area contributed by atoms with Crippen LogP contribution in [0, 0.1) is 0 Å². The van der Waals surface area contributed by atoms with Gasteiger partial charge in [0.2, 0.25) is 11.9 Å². The first-order valence-corrected chi connectivity index (χ1v) is 14.6. The van der Waals surface area contributed by atoms with Gasteiger partial charge in [0.25, 0.3) is 0 Å². The van der Waals surface area contributed by atoms with Crippen LogP contribution in [-0.4, -0.2) is 87.3 Å². The Hall–Kier alpha value is -4.38. The molecule has 220 valence electrons.